The van der Waals surface area contributed by atoms with Gasteiger partial charge in [0.2, 0.25) is 5.91 Å². The maximum Gasteiger partial charge on any atom is 0.228 e. The van der Waals surface area contributed by atoms with Gasteiger partial charge in [-0.15, -0.1) is 0 Å². The molecule has 0 radical (unpaired) electrons. The molecule has 0 aliphatic rings. The smallest absolute Gasteiger partial charge is 0.228 e. The lowest BCUT2D eigenvalue weighted by molar-refractivity contribution is -0.119. The summed E-state index contributed by atoms with van der Waals surface area (Å²) >= 11 is 1.19. The van der Waals surface area contributed by atoms with Crippen molar-refractivity contribution < 1.29 is 9.59 Å². The van der Waals surface area contributed by atoms with Gasteiger partial charge in [-0.1, -0.05) is 42.1 Å². The number of amides is 1. The number of carbonyl (C=O) groups excluding carboxylic acids is 2. The van der Waals surface area contributed by atoms with Crippen LogP contribution < -0.4 is 5.32 Å². The summed E-state index contributed by atoms with van der Waals surface area (Å²) in [5, 5.41) is 2.91. The molecule has 0 fully saturated rings. The summed E-state index contributed by atoms with van der Waals surface area (Å²) in [6, 6.07) is 13.3. The normalized spacial score (nSPS) is 11.7. The molecule has 0 bridgehead atoms. The fourth-order valence-corrected chi connectivity index (χ4v) is 2.73. The van der Waals surface area contributed by atoms with Crippen molar-refractivity contribution in [2.75, 3.05) is 11.1 Å². The average molecular weight is 314 g/mol. The number of hydrogen-bond donors (Lipinski definition) is 1. The Balaban J connectivity index is 2.05. The SMILES string of the molecule is CC(=O)SCC(Cc1ccccc1)C(=O)Nc1ccncc1. The number of thioether (sulfide) groups is 1. The Hall–Kier alpha value is -2.14. The topological polar surface area (TPSA) is 59.1 Å². The molecule has 0 saturated carbocycles. The minimum absolute atomic E-state index is 0.0229. The molecule has 0 aliphatic heterocycles. The molecule has 4 nitrogen and oxygen atoms in total. The van der Waals surface area contributed by atoms with Gasteiger partial charge in [0, 0.05) is 30.8 Å². The molecule has 2 rings (SSSR count). The molecule has 1 unspecified atom stereocenters. The molecule has 1 N–H and O–H groups in total. The van der Waals surface area contributed by atoms with Crippen LogP contribution in [0.3, 0.4) is 0 Å². The lowest BCUT2D eigenvalue weighted by Crippen LogP contribution is -2.27. The van der Waals surface area contributed by atoms with E-state index in [2.05, 4.69) is 10.3 Å². The van der Waals surface area contributed by atoms with Crippen LogP contribution in [0.5, 0.6) is 0 Å². The minimum Gasteiger partial charge on any atom is -0.326 e. The monoisotopic (exact) mass is 314 g/mol. The number of nitrogens with one attached hydrogen (secondary N) is 1. The highest BCUT2D eigenvalue weighted by atomic mass is 32.2. The van der Waals surface area contributed by atoms with Crippen molar-refractivity contribution >= 4 is 28.5 Å². The first-order valence-electron chi connectivity index (χ1n) is 7.03. The lowest BCUT2D eigenvalue weighted by Gasteiger charge is -2.16. The van der Waals surface area contributed by atoms with Crippen LogP contribution in [0.15, 0.2) is 54.9 Å². The largest absolute Gasteiger partial charge is 0.326 e. The fourth-order valence-electron chi connectivity index (χ4n) is 2.02. The Morgan fingerprint density at radius 2 is 1.82 bits per heavy atom. The Morgan fingerprint density at radius 3 is 2.45 bits per heavy atom. The van der Waals surface area contributed by atoms with Gasteiger partial charge >= 0.3 is 0 Å². The summed E-state index contributed by atoms with van der Waals surface area (Å²) in [7, 11) is 0. The lowest BCUT2D eigenvalue weighted by atomic mass is 10.00. The molecule has 0 aliphatic carbocycles. The van der Waals surface area contributed by atoms with Gasteiger partial charge in [0.05, 0.1) is 5.92 Å². The second-order valence-corrected chi connectivity index (χ2v) is 6.11. The molecule has 2 aromatic rings. The van der Waals surface area contributed by atoms with Gasteiger partial charge in [0.15, 0.2) is 5.12 Å². The van der Waals surface area contributed by atoms with E-state index >= 15 is 0 Å². The van der Waals surface area contributed by atoms with Crippen molar-refractivity contribution in [1.82, 2.24) is 4.98 Å². The van der Waals surface area contributed by atoms with E-state index in [1.165, 1.54) is 18.7 Å². The van der Waals surface area contributed by atoms with E-state index in [1.807, 2.05) is 30.3 Å². The Kier molecular flexibility index (Phi) is 6.15. The maximum absolute atomic E-state index is 12.5. The highest BCUT2D eigenvalue weighted by Crippen LogP contribution is 2.17. The number of hydrogen-bond acceptors (Lipinski definition) is 4. The van der Waals surface area contributed by atoms with Crippen molar-refractivity contribution in [3.63, 3.8) is 0 Å². The summed E-state index contributed by atoms with van der Waals surface area (Å²) < 4.78 is 0. The Morgan fingerprint density at radius 1 is 1.14 bits per heavy atom. The van der Waals surface area contributed by atoms with Gasteiger partial charge in [0.25, 0.3) is 0 Å². The minimum atomic E-state index is -0.260. The van der Waals surface area contributed by atoms with Crippen molar-refractivity contribution in [1.29, 1.82) is 0 Å². The highest BCUT2D eigenvalue weighted by Gasteiger charge is 2.20. The Labute approximate surface area is 134 Å². The maximum atomic E-state index is 12.5. The van der Waals surface area contributed by atoms with Gasteiger partial charge in [-0.3, -0.25) is 14.6 Å². The molecular formula is C17H18N2O2S. The van der Waals surface area contributed by atoms with Gasteiger partial charge in [-0.25, -0.2) is 0 Å². The van der Waals surface area contributed by atoms with E-state index < -0.39 is 0 Å². The molecule has 114 valence electrons. The third-order valence-corrected chi connectivity index (χ3v) is 4.11. The first kappa shape index (κ1) is 16.2. The van der Waals surface area contributed by atoms with Crippen LogP contribution in [0.4, 0.5) is 5.69 Å². The van der Waals surface area contributed by atoms with E-state index in [1.54, 1.807) is 24.5 Å². The van der Waals surface area contributed by atoms with Crippen LogP contribution in [-0.4, -0.2) is 21.8 Å². The van der Waals surface area contributed by atoms with Crippen molar-refractivity contribution in [3.05, 3.63) is 60.4 Å². The second kappa shape index (κ2) is 8.34. The number of benzene rings is 1. The zero-order valence-electron chi connectivity index (χ0n) is 12.4. The summed E-state index contributed by atoms with van der Waals surface area (Å²) in [6.07, 6.45) is 3.87. The molecule has 1 heterocycles. The quantitative estimate of drug-likeness (QED) is 0.890. The first-order chi connectivity index (χ1) is 10.6. The standard InChI is InChI=1S/C17H18N2O2S/c1-13(20)22-12-15(11-14-5-3-2-4-6-14)17(21)19-16-7-9-18-10-8-16/h2-10,15H,11-12H2,1H3,(H,18,19,21). The van der Waals surface area contributed by atoms with E-state index in [0.717, 1.165) is 5.56 Å². The second-order valence-electron chi connectivity index (χ2n) is 4.91. The third-order valence-electron chi connectivity index (χ3n) is 3.13. The number of carbonyl (C=O) groups is 2. The average Bonchev–Trinajstić information content (AvgIpc) is 2.53. The third kappa shape index (κ3) is 5.33. The van der Waals surface area contributed by atoms with Crippen LogP contribution in [0.1, 0.15) is 12.5 Å². The van der Waals surface area contributed by atoms with Crippen molar-refractivity contribution in [2.24, 2.45) is 5.92 Å². The van der Waals surface area contributed by atoms with Crippen molar-refractivity contribution in [3.8, 4) is 0 Å². The number of aromatic nitrogens is 1. The van der Waals surface area contributed by atoms with E-state index in [4.69, 9.17) is 0 Å². The Bertz CT molecular complexity index is 617. The first-order valence-corrected chi connectivity index (χ1v) is 8.02. The molecule has 5 heteroatoms. The van der Waals surface area contributed by atoms with E-state index in [0.29, 0.717) is 17.9 Å². The van der Waals surface area contributed by atoms with Crippen LogP contribution in [0.25, 0.3) is 0 Å². The molecule has 1 amide bonds. The molecule has 22 heavy (non-hydrogen) atoms. The predicted molar refractivity (Wildman–Crippen MR) is 89.6 cm³/mol. The number of pyridine rings is 1. The molecule has 1 aromatic heterocycles. The predicted octanol–water partition coefficient (Wildman–Crippen LogP) is 3.16. The molecule has 1 aromatic carbocycles. The van der Waals surface area contributed by atoms with Crippen LogP contribution in [0.2, 0.25) is 0 Å². The fraction of sp³-hybridized carbons (Fsp3) is 0.235. The van der Waals surface area contributed by atoms with E-state index in [9.17, 15) is 9.59 Å². The van der Waals surface area contributed by atoms with Crippen LogP contribution >= 0.6 is 11.8 Å². The molecule has 1 atom stereocenters. The zero-order chi connectivity index (χ0) is 15.8. The van der Waals surface area contributed by atoms with Gasteiger partial charge < -0.3 is 5.32 Å². The van der Waals surface area contributed by atoms with Gasteiger partial charge in [0.1, 0.15) is 0 Å². The van der Waals surface area contributed by atoms with Crippen LogP contribution in [-0.2, 0) is 16.0 Å². The van der Waals surface area contributed by atoms with Gasteiger partial charge in [-0.2, -0.15) is 0 Å². The van der Waals surface area contributed by atoms with E-state index in [-0.39, 0.29) is 16.9 Å². The molecular weight excluding hydrogens is 296 g/mol. The summed E-state index contributed by atoms with van der Waals surface area (Å²) in [6.45, 7) is 1.52. The number of rotatable bonds is 6. The molecule has 0 spiro atoms. The molecule has 0 saturated heterocycles. The van der Waals surface area contributed by atoms with Crippen LogP contribution in [0, 0.1) is 5.92 Å². The van der Waals surface area contributed by atoms with Gasteiger partial charge in [-0.05, 0) is 24.1 Å². The highest BCUT2D eigenvalue weighted by molar-refractivity contribution is 8.13. The summed E-state index contributed by atoms with van der Waals surface area (Å²) in [4.78, 5) is 27.6. The van der Waals surface area contributed by atoms with Crippen molar-refractivity contribution in [2.45, 2.75) is 13.3 Å². The number of nitrogens with zero attached hydrogens (tertiary/aromatic N) is 1. The number of anilines is 1. The zero-order valence-corrected chi connectivity index (χ0v) is 13.2. The summed E-state index contributed by atoms with van der Waals surface area (Å²) in [5.41, 5.74) is 1.80. The summed E-state index contributed by atoms with van der Waals surface area (Å²) in [5.74, 6) is 0.134.